The van der Waals surface area contributed by atoms with Crippen LogP contribution in [-0.4, -0.2) is 29.4 Å². The van der Waals surface area contributed by atoms with E-state index in [4.69, 9.17) is 13.9 Å². The van der Waals surface area contributed by atoms with Crippen molar-refractivity contribution in [2.45, 2.75) is 38.4 Å². The van der Waals surface area contributed by atoms with Gasteiger partial charge in [-0.2, -0.15) is 0 Å². The lowest BCUT2D eigenvalue weighted by Gasteiger charge is -2.32. The first-order valence-electron chi connectivity index (χ1n) is 9.44. The third-order valence-electron chi connectivity index (χ3n) is 5.10. The maximum absolute atomic E-state index is 12.8. The van der Waals surface area contributed by atoms with E-state index in [2.05, 4.69) is 0 Å². The quantitative estimate of drug-likeness (QED) is 0.680. The zero-order valence-corrected chi connectivity index (χ0v) is 16.5. The van der Waals surface area contributed by atoms with Crippen molar-refractivity contribution in [3.05, 3.63) is 64.3 Å². The monoisotopic (exact) mass is 394 g/mol. The first-order valence-corrected chi connectivity index (χ1v) is 9.44. The largest absolute Gasteiger partial charge is 0.492 e. The molecule has 1 aromatic heterocycles. The van der Waals surface area contributed by atoms with E-state index < -0.39 is 23.6 Å². The summed E-state index contributed by atoms with van der Waals surface area (Å²) < 4.78 is 17.4. The first kappa shape index (κ1) is 19.2. The maximum atomic E-state index is 12.8. The van der Waals surface area contributed by atoms with Crippen LogP contribution < -0.4 is 10.2 Å². The minimum atomic E-state index is -1.32. The summed E-state index contributed by atoms with van der Waals surface area (Å²) in [6, 6.07) is 14.2. The molecule has 2 heterocycles. The Morgan fingerprint density at radius 2 is 1.93 bits per heavy atom. The molecule has 1 N–H and O–H groups in total. The number of hydrogen-bond donors (Lipinski definition) is 1. The van der Waals surface area contributed by atoms with Crippen LogP contribution in [0.15, 0.2) is 57.7 Å². The molecule has 0 amide bonds. The molecule has 2 atom stereocenters. The van der Waals surface area contributed by atoms with Gasteiger partial charge >= 0.3 is 5.97 Å². The molecular formula is C23H22O6. The third-order valence-corrected chi connectivity index (χ3v) is 5.10. The van der Waals surface area contributed by atoms with Gasteiger partial charge in [0.1, 0.15) is 23.2 Å². The summed E-state index contributed by atoms with van der Waals surface area (Å²) >= 11 is 0. The molecule has 0 spiro atoms. The minimum Gasteiger partial charge on any atom is -0.492 e. The topological polar surface area (TPSA) is 86.0 Å². The molecule has 2 aromatic carbocycles. The Balaban J connectivity index is 1.93. The summed E-state index contributed by atoms with van der Waals surface area (Å²) in [7, 11) is 0. The molecule has 4 rings (SSSR count). The lowest BCUT2D eigenvalue weighted by molar-refractivity contribution is -0.162. The highest BCUT2D eigenvalue weighted by atomic mass is 16.6. The van der Waals surface area contributed by atoms with Crippen LogP contribution in [0.25, 0.3) is 22.3 Å². The van der Waals surface area contributed by atoms with E-state index in [1.165, 1.54) is 13.0 Å². The van der Waals surface area contributed by atoms with E-state index >= 15 is 0 Å². The van der Waals surface area contributed by atoms with E-state index in [1.807, 2.05) is 30.3 Å². The van der Waals surface area contributed by atoms with Crippen LogP contribution >= 0.6 is 0 Å². The number of aliphatic hydroxyl groups is 1. The average Bonchev–Trinajstić information content (AvgIpc) is 3.10. The maximum Gasteiger partial charge on any atom is 0.303 e. The smallest absolute Gasteiger partial charge is 0.303 e. The van der Waals surface area contributed by atoms with Crippen LogP contribution in [0.5, 0.6) is 5.75 Å². The lowest BCUT2D eigenvalue weighted by Crippen LogP contribution is -2.44. The van der Waals surface area contributed by atoms with Gasteiger partial charge in [-0.05, 0) is 26.0 Å². The van der Waals surface area contributed by atoms with Gasteiger partial charge in [-0.1, -0.05) is 30.3 Å². The van der Waals surface area contributed by atoms with Crippen molar-refractivity contribution in [1.29, 1.82) is 0 Å². The molecule has 6 nitrogen and oxygen atoms in total. The highest BCUT2D eigenvalue weighted by molar-refractivity contribution is 5.85. The van der Waals surface area contributed by atoms with Gasteiger partial charge in [-0.25, -0.2) is 0 Å². The standard InChI is InChI=1S/C23H22O6/c1-13(24)28-22(23(2,3)26)16-12-27-18-10-9-15-17(25)11-19(29-21(15)20(16)18)14-7-5-4-6-8-14/h4-11,16,22,26H,12H2,1-3H3/t16-,22-/m0/s1. The summed E-state index contributed by atoms with van der Waals surface area (Å²) in [5.41, 5.74) is 0.300. The summed E-state index contributed by atoms with van der Waals surface area (Å²) in [4.78, 5) is 24.5. The number of hydrogen-bond acceptors (Lipinski definition) is 6. The Morgan fingerprint density at radius 3 is 2.59 bits per heavy atom. The number of esters is 1. The van der Waals surface area contributed by atoms with Gasteiger partial charge in [0.2, 0.25) is 0 Å². The van der Waals surface area contributed by atoms with Crippen molar-refractivity contribution >= 4 is 16.9 Å². The van der Waals surface area contributed by atoms with Crippen molar-refractivity contribution in [2.75, 3.05) is 6.61 Å². The molecule has 0 aliphatic carbocycles. The summed E-state index contributed by atoms with van der Waals surface area (Å²) in [6.07, 6.45) is -0.863. The molecule has 1 aliphatic heterocycles. The number of benzene rings is 2. The second-order valence-electron chi connectivity index (χ2n) is 7.80. The molecule has 0 unspecified atom stereocenters. The Kier molecular flexibility index (Phi) is 4.67. The molecule has 6 heteroatoms. The third kappa shape index (κ3) is 3.51. The van der Waals surface area contributed by atoms with E-state index in [0.29, 0.717) is 28.0 Å². The zero-order valence-electron chi connectivity index (χ0n) is 16.5. The zero-order chi connectivity index (χ0) is 20.8. The highest BCUT2D eigenvalue weighted by Gasteiger charge is 2.43. The van der Waals surface area contributed by atoms with Crippen LogP contribution in [0.3, 0.4) is 0 Å². The van der Waals surface area contributed by atoms with Gasteiger partial charge in [0, 0.05) is 24.1 Å². The summed E-state index contributed by atoms with van der Waals surface area (Å²) in [5.74, 6) is 0.00993. The van der Waals surface area contributed by atoms with E-state index in [9.17, 15) is 14.7 Å². The lowest BCUT2D eigenvalue weighted by atomic mass is 9.85. The summed E-state index contributed by atoms with van der Waals surface area (Å²) in [5, 5.41) is 11.1. The van der Waals surface area contributed by atoms with Gasteiger partial charge in [0.25, 0.3) is 0 Å². The second kappa shape index (κ2) is 7.04. The van der Waals surface area contributed by atoms with Crippen molar-refractivity contribution < 1.29 is 23.8 Å². The van der Waals surface area contributed by atoms with E-state index in [1.54, 1.807) is 26.0 Å². The first-order chi connectivity index (χ1) is 13.8. The Labute approximate surface area is 167 Å². The van der Waals surface area contributed by atoms with Crippen LogP contribution in [0.4, 0.5) is 0 Å². The number of carbonyl (C=O) groups is 1. The Morgan fingerprint density at radius 1 is 1.21 bits per heavy atom. The van der Waals surface area contributed by atoms with E-state index in [-0.39, 0.29) is 12.0 Å². The fourth-order valence-corrected chi connectivity index (χ4v) is 3.84. The van der Waals surface area contributed by atoms with Gasteiger partial charge in [0.15, 0.2) is 5.43 Å². The van der Waals surface area contributed by atoms with Gasteiger partial charge in [-0.3, -0.25) is 9.59 Å². The molecule has 0 fully saturated rings. The number of ether oxygens (including phenoxy) is 2. The minimum absolute atomic E-state index is 0.175. The molecule has 0 radical (unpaired) electrons. The van der Waals surface area contributed by atoms with Crippen LogP contribution in [-0.2, 0) is 9.53 Å². The normalized spacial score (nSPS) is 16.9. The molecule has 1 aliphatic rings. The van der Waals surface area contributed by atoms with Crippen molar-refractivity contribution in [3.8, 4) is 17.1 Å². The summed E-state index contributed by atoms with van der Waals surface area (Å²) in [6.45, 7) is 4.66. The Hall–Kier alpha value is -3.12. The van der Waals surface area contributed by atoms with Crippen LogP contribution in [0, 0.1) is 0 Å². The fraction of sp³-hybridized carbons (Fsp3) is 0.304. The molecular weight excluding hydrogens is 372 g/mol. The molecule has 0 saturated carbocycles. The van der Waals surface area contributed by atoms with Gasteiger partial charge in [0.05, 0.1) is 23.5 Å². The predicted molar refractivity (Wildman–Crippen MR) is 108 cm³/mol. The number of rotatable bonds is 4. The van der Waals surface area contributed by atoms with Crippen molar-refractivity contribution in [1.82, 2.24) is 0 Å². The molecule has 29 heavy (non-hydrogen) atoms. The molecule has 3 aromatic rings. The molecule has 150 valence electrons. The van der Waals surface area contributed by atoms with Crippen LogP contribution in [0.1, 0.15) is 32.3 Å². The number of fused-ring (bicyclic) bond motifs is 3. The van der Waals surface area contributed by atoms with E-state index in [0.717, 1.165) is 5.56 Å². The number of carbonyl (C=O) groups excluding carboxylic acids is 1. The Bertz CT molecular complexity index is 1120. The second-order valence-corrected chi connectivity index (χ2v) is 7.80. The fourth-order valence-electron chi connectivity index (χ4n) is 3.84. The van der Waals surface area contributed by atoms with Crippen LogP contribution in [0.2, 0.25) is 0 Å². The SMILES string of the molecule is CC(=O)O[C@@H]([C@H]1COc2ccc3c(=O)cc(-c4ccccc4)oc3c21)C(C)(C)O. The van der Waals surface area contributed by atoms with Crippen molar-refractivity contribution in [3.63, 3.8) is 0 Å². The van der Waals surface area contributed by atoms with Gasteiger partial charge < -0.3 is 19.0 Å². The van der Waals surface area contributed by atoms with Gasteiger partial charge in [-0.15, -0.1) is 0 Å². The van der Waals surface area contributed by atoms with Crippen molar-refractivity contribution in [2.24, 2.45) is 0 Å². The average molecular weight is 394 g/mol. The predicted octanol–water partition coefficient (Wildman–Crippen LogP) is 3.64. The molecule has 0 bridgehead atoms. The highest BCUT2D eigenvalue weighted by Crippen LogP contribution is 2.44. The molecule has 0 saturated heterocycles.